The largest absolute Gasteiger partial charge is 0.431 e. The highest BCUT2D eigenvalue weighted by molar-refractivity contribution is 6.37. The van der Waals surface area contributed by atoms with E-state index in [4.69, 9.17) is 27.9 Å². The lowest BCUT2D eigenvalue weighted by molar-refractivity contribution is -0.136. The molecular formula is C14H14Cl2O2. The molecule has 0 aromatic heterocycles. The van der Waals surface area contributed by atoms with Gasteiger partial charge in [0.1, 0.15) is 5.76 Å². The zero-order valence-corrected chi connectivity index (χ0v) is 11.8. The first-order chi connectivity index (χ1) is 8.47. The van der Waals surface area contributed by atoms with Gasteiger partial charge in [0.15, 0.2) is 0 Å². The van der Waals surface area contributed by atoms with E-state index < -0.39 is 0 Å². The van der Waals surface area contributed by atoms with Crippen molar-refractivity contribution in [2.45, 2.75) is 20.3 Å². The van der Waals surface area contributed by atoms with Gasteiger partial charge >= 0.3 is 5.97 Å². The van der Waals surface area contributed by atoms with E-state index in [9.17, 15) is 4.79 Å². The van der Waals surface area contributed by atoms with Crippen molar-refractivity contribution in [3.8, 4) is 0 Å². The molecular weight excluding hydrogens is 271 g/mol. The molecule has 0 saturated heterocycles. The molecule has 0 aliphatic rings. The van der Waals surface area contributed by atoms with E-state index in [1.165, 1.54) is 6.92 Å². The third kappa shape index (κ3) is 3.62. The Morgan fingerprint density at radius 2 is 1.89 bits per heavy atom. The van der Waals surface area contributed by atoms with Crippen LogP contribution in [0.4, 0.5) is 0 Å². The molecule has 96 valence electrons. The second-order valence-electron chi connectivity index (χ2n) is 3.73. The molecule has 0 unspecified atom stereocenters. The van der Waals surface area contributed by atoms with Crippen LogP contribution < -0.4 is 0 Å². The molecule has 1 aromatic carbocycles. The Hall–Kier alpha value is -1.25. The summed E-state index contributed by atoms with van der Waals surface area (Å²) in [7, 11) is 0. The number of hydrogen-bond acceptors (Lipinski definition) is 2. The predicted molar refractivity (Wildman–Crippen MR) is 75.6 cm³/mol. The number of carbonyl (C=O) groups is 1. The van der Waals surface area contributed by atoms with Crippen LogP contribution >= 0.6 is 23.2 Å². The third-order valence-corrected chi connectivity index (χ3v) is 2.98. The average molecular weight is 285 g/mol. The van der Waals surface area contributed by atoms with Crippen LogP contribution in [0, 0.1) is 0 Å². The molecule has 0 aliphatic heterocycles. The maximum absolute atomic E-state index is 11.1. The topological polar surface area (TPSA) is 26.3 Å². The molecule has 0 aliphatic carbocycles. The molecule has 0 bridgehead atoms. The van der Waals surface area contributed by atoms with Gasteiger partial charge < -0.3 is 4.74 Å². The van der Waals surface area contributed by atoms with Crippen molar-refractivity contribution >= 4 is 34.7 Å². The standard InChI is InChI=1S/C14H14Cl2O2/c1-4-6-13(18-10(3)17)9(2)14-11(15)7-5-8-12(14)16/h4-5,7-8H,1,6H2,2-3H3/b13-9-. The Labute approximate surface area is 117 Å². The summed E-state index contributed by atoms with van der Waals surface area (Å²) in [5, 5.41) is 1.04. The molecule has 1 rings (SSSR count). The van der Waals surface area contributed by atoms with E-state index in [0.29, 0.717) is 27.8 Å². The van der Waals surface area contributed by atoms with E-state index in [2.05, 4.69) is 6.58 Å². The lowest BCUT2D eigenvalue weighted by atomic mass is 10.0. The monoisotopic (exact) mass is 284 g/mol. The van der Waals surface area contributed by atoms with Crippen molar-refractivity contribution in [3.05, 3.63) is 52.2 Å². The van der Waals surface area contributed by atoms with Crippen LogP contribution in [0.2, 0.25) is 10.0 Å². The molecule has 1 aromatic rings. The van der Waals surface area contributed by atoms with E-state index in [0.717, 1.165) is 5.57 Å². The van der Waals surface area contributed by atoms with Gasteiger partial charge in [0.2, 0.25) is 0 Å². The Balaban J connectivity index is 3.32. The summed E-state index contributed by atoms with van der Waals surface area (Å²) >= 11 is 12.2. The van der Waals surface area contributed by atoms with Crippen LogP contribution in [0.1, 0.15) is 25.8 Å². The van der Waals surface area contributed by atoms with Crippen LogP contribution in [0.25, 0.3) is 5.57 Å². The minimum Gasteiger partial charge on any atom is -0.431 e. The fourth-order valence-corrected chi connectivity index (χ4v) is 2.25. The SMILES string of the molecule is C=CC/C(OC(C)=O)=C(\C)c1c(Cl)cccc1Cl. The molecule has 0 radical (unpaired) electrons. The lowest BCUT2D eigenvalue weighted by Crippen LogP contribution is -2.01. The minimum absolute atomic E-state index is 0.380. The number of esters is 1. The van der Waals surface area contributed by atoms with Crippen molar-refractivity contribution in [1.29, 1.82) is 0 Å². The molecule has 0 fully saturated rings. The average Bonchev–Trinajstić information content (AvgIpc) is 2.27. The van der Waals surface area contributed by atoms with Crippen LogP contribution in [0.3, 0.4) is 0 Å². The number of halogens is 2. The van der Waals surface area contributed by atoms with Crippen molar-refractivity contribution in [2.75, 3.05) is 0 Å². The zero-order chi connectivity index (χ0) is 13.7. The van der Waals surface area contributed by atoms with Crippen LogP contribution in [0.5, 0.6) is 0 Å². The number of rotatable bonds is 4. The number of benzene rings is 1. The highest BCUT2D eigenvalue weighted by Gasteiger charge is 2.13. The van der Waals surface area contributed by atoms with Gasteiger partial charge in [-0.2, -0.15) is 0 Å². The Kier molecular flexibility index (Phi) is 5.45. The normalized spacial score (nSPS) is 11.8. The second-order valence-corrected chi connectivity index (χ2v) is 4.55. The fourth-order valence-electron chi connectivity index (χ4n) is 1.57. The van der Waals surface area contributed by atoms with Gasteiger partial charge in [0, 0.05) is 29.0 Å². The number of hydrogen-bond donors (Lipinski definition) is 0. The summed E-state index contributed by atoms with van der Waals surface area (Å²) in [5.74, 6) is 0.127. The maximum Gasteiger partial charge on any atom is 0.307 e. The first kappa shape index (κ1) is 14.8. The lowest BCUT2D eigenvalue weighted by Gasteiger charge is -2.13. The Morgan fingerprint density at radius 1 is 1.33 bits per heavy atom. The van der Waals surface area contributed by atoms with Gasteiger partial charge in [0.05, 0.1) is 0 Å². The molecule has 0 spiro atoms. The quantitative estimate of drug-likeness (QED) is 0.448. The van der Waals surface area contributed by atoms with Gasteiger partial charge in [0.25, 0.3) is 0 Å². The smallest absolute Gasteiger partial charge is 0.307 e. The molecule has 0 saturated carbocycles. The third-order valence-electron chi connectivity index (χ3n) is 2.35. The summed E-state index contributed by atoms with van der Waals surface area (Å²) < 4.78 is 5.17. The van der Waals surface area contributed by atoms with E-state index in [1.54, 1.807) is 24.3 Å². The molecule has 0 heterocycles. The first-order valence-corrected chi connectivity index (χ1v) is 6.16. The first-order valence-electron chi connectivity index (χ1n) is 5.40. The van der Waals surface area contributed by atoms with Crippen molar-refractivity contribution in [2.24, 2.45) is 0 Å². The van der Waals surface area contributed by atoms with Gasteiger partial charge in [-0.1, -0.05) is 35.3 Å². The zero-order valence-electron chi connectivity index (χ0n) is 10.3. The Morgan fingerprint density at radius 3 is 2.33 bits per heavy atom. The van der Waals surface area contributed by atoms with Crippen molar-refractivity contribution < 1.29 is 9.53 Å². The number of carbonyl (C=O) groups excluding carboxylic acids is 1. The highest BCUT2D eigenvalue weighted by Crippen LogP contribution is 2.33. The van der Waals surface area contributed by atoms with Gasteiger partial charge in [-0.05, 0) is 24.6 Å². The van der Waals surface area contributed by atoms with Crippen LogP contribution in [-0.2, 0) is 9.53 Å². The summed E-state index contributed by atoms with van der Waals surface area (Å²) in [5.41, 5.74) is 1.42. The van der Waals surface area contributed by atoms with Crippen molar-refractivity contribution in [1.82, 2.24) is 0 Å². The fraction of sp³-hybridized carbons (Fsp3) is 0.214. The number of ether oxygens (including phenoxy) is 1. The van der Waals surface area contributed by atoms with Gasteiger partial charge in [-0.3, -0.25) is 4.79 Å². The van der Waals surface area contributed by atoms with E-state index in [-0.39, 0.29) is 5.97 Å². The van der Waals surface area contributed by atoms with Gasteiger partial charge in [-0.15, -0.1) is 6.58 Å². The molecule has 0 atom stereocenters. The summed E-state index contributed by atoms with van der Waals surface area (Å²) in [6.07, 6.45) is 2.10. The molecule has 0 N–H and O–H groups in total. The van der Waals surface area contributed by atoms with E-state index >= 15 is 0 Å². The Bertz CT molecular complexity index is 484. The van der Waals surface area contributed by atoms with Crippen molar-refractivity contribution in [3.63, 3.8) is 0 Å². The highest BCUT2D eigenvalue weighted by atomic mass is 35.5. The van der Waals surface area contributed by atoms with Crippen LogP contribution in [-0.4, -0.2) is 5.97 Å². The minimum atomic E-state index is -0.380. The number of allylic oxidation sites excluding steroid dienone is 2. The van der Waals surface area contributed by atoms with E-state index in [1.807, 2.05) is 6.92 Å². The summed E-state index contributed by atoms with van der Waals surface area (Å²) in [4.78, 5) is 11.1. The molecule has 4 heteroatoms. The van der Waals surface area contributed by atoms with Crippen LogP contribution in [0.15, 0.2) is 36.6 Å². The molecule has 18 heavy (non-hydrogen) atoms. The van der Waals surface area contributed by atoms with Gasteiger partial charge in [-0.25, -0.2) is 0 Å². The second kappa shape index (κ2) is 6.62. The predicted octanol–water partition coefficient (Wildman–Crippen LogP) is 4.86. The summed E-state index contributed by atoms with van der Waals surface area (Å²) in [6, 6.07) is 5.25. The maximum atomic E-state index is 11.1. The molecule has 0 amide bonds. The molecule has 2 nitrogen and oxygen atoms in total. The summed E-state index contributed by atoms with van der Waals surface area (Å²) in [6.45, 7) is 6.80.